The predicted octanol–water partition coefficient (Wildman–Crippen LogP) is 2.25. The molecule has 2 heterocycles. The molecule has 0 aliphatic rings. The SMILES string of the molecule is Cc1nnc(NC(C)c2ccco2)nc1C. The molecule has 2 aromatic rings. The highest BCUT2D eigenvalue weighted by Crippen LogP contribution is 2.16. The third-order valence-electron chi connectivity index (χ3n) is 2.41. The van der Waals surface area contributed by atoms with Crippen LogP contribution in [0.2, 0.25) is 0 Å². The van der Waals surface area contributed by atoms with Gasteiger partial charge in [0.2, 0.25) is 5.95 Å². The van der Waals surface area contributed by atoms with Gasteiger partial charge in [-0.25, -0.2) is 4.98 Å². The second kappa shape index (κ2) is 4.30. The molecule has 0 saturated heterocycles. The average Bonchev–Trinajstić information content (AvgIpc) is 2.77. The zero-order chi connectivity index (χ0) is 11.5. The molecular weight excluding hydrogens is 204 g/mol. The van der Waals surface area contributed by atoms with Crippen LogP contribution >= 0.6 is 0 Å². The largest absolute Gasteiger partial charge is 0.467 e. The van der Waals surface area contributed by atoms with Gasteiger partial charge in [-0.15, -0.1) is 5.10 Å². The molecule has 16 heavy (non-hydrogen) atoms. The Bertz CT molecular complexity index is 467. The number of anilines is 1. The third kappa shape index (κ3) is 2.18. The molecule has 0 bridgehead atoms. The van der Waals surface area contributed by atoms with Crippen LogP contribution in [0.4, 0.5) is 5.95 Å². The quantitative estimate of drug-likeness (QED) is 0.856. The van der Waals surface area contributed by atoms with Gasteiger partial charge in [0.1, 0.15) is 5.76 Å². The summed E-state index contributed by atoms with van der Waals surface area (Å²) in [6.07, 6.45) is 1.65. The van der Waals surface area contributed by atoms with Gasteiger partial charge >= 0.3 is 0 Å². The van der Waals surface area contributed by atoms with Crippen molar-refractivity contribution in [3.05, 3.63) is 35.5 Å². The lowest BCUT2D eigenvalue weighted by Gasteiger charge is -2.11. The molecule has 2 aromatic heterocycles. The first-order valence-corrected chi connectivity index (χ1v) is 5.14. The molecular formula is C11H14N4O. The van der Waals surface area contributed by atoms with E-state index in [-0.39, 0.29) is 6.04 Å². The van der Waals surface area contributed by atoms with Crippen LogP contribution in [0, 0.1) is 13.8 Å². The van der Waals surface area contributed by atoms with Gasteiger partial charge < -0.3 is 9.73 Å². The summed E-state index contributed by atoms with van der Waals surface area (Å²) in [4.78, 5) is 4.30. The van der Waals surface area contributed by atoms with E-state index in [0.717, 1.165) is 17.1 Å². The van der Waals surface area contributed by atoms with E-state index in [1.165, 1.54) is 0 Å². The number of furan rings is 1. The highest BCUT2D eigenvalue weighted by molar-refractivity contribution is 5.28. The van der Waals surface area contributed by atoms with E-state index >= 15 is 0 Å². The van der Waals surface area contributed by atoms with Gasteiger partial charge in [-0.1, -0.05) is 0 Å². The van der Waals surface area contributed by atoms with Crippen LogP contribution in [0.1, 0.15) is 30.1 Å². The van der Waals surface area contributed by atoms with Gasteiger partial charge in [0.05, 0.1) is 23.7 Å². The summed E-state index contributed by atoms with van der Waals surface area (Å²) >= 11 is 0. The second-order valence-electron chi connectivity index (χ2n) is 3.69. The molecule has 0 spiro atoms. The van der Waals surface area contributed by atoms with Crippen LogP contribution in [0.5, 0.6) is 0 Å². The summed E-state index contributed by atoms with van der Waals surface area (Å²) in [6.45, 7) is 5.78. The van der Waals surface area contributed by atoms with Crippen LogP contribution in [0.3, 0.4) is 0 Å². The monoisotopic (exact) mass is 218 g/mol. The van der Waals surface area contributed by atoms with Crippen molar-refractivity contribution in [2.45, 2.75) is 26.8 Å². The molecule has 1 atom stereocenters. The Kier molecular flexibility index (Phi) is 2.85. The first-order valence-electron chi connectivity index (χ1n) is 5.14. The Balaban J connectivity index is 2.12. The van der Waals surface area contributed by atoms with Crippen molar-refractivity contribution in [2.75, 3.05) is 5.32 Å². The van der Waals surface area contributed by atoms with E-state index in [1.54, 1.807) is 6.26 Å². The van der Waals surface area contributed by atoms with Crippen LogP contribution in [0.25, 0.3) is 0 Å². The van der Waals surface area contributed by atoms with Crippen LogP contribution in [-0.4, -0.2) is 15.2 Å². The molecule has 0 amide bonds. The minimum absolute atomic E-state index is 0.0268. The molecule has 0 aromatic carbocycles. The Morgan fingerprint density at radius 1 is 1.25 bits per heavy atom. The van der Waals surface area contributed by atoms with Gasteiger partial charge in [-0.3, -0.25) is 0 Å². The van der Waals surface area contributed by atoms with Gasteiger partial charge in [0, 0.05) is 0 Å². The minimum atomic E-state index is 0.0268. The molecule has 84 valence electrons. The van der Waals surface area contributed by atoms with Gasteiger partial charge in [0.25, 0.3) is 0 Å². The number of rotatable bonds is 3. The fraction of sp³-hybridized carbons (Fsp3) is 0.364. The van der Waals surface area contributed by atoms with Crippen molar-refractivity contribution >= 4 is 5.95 Å². The van der Waals surface area contributed by atoms with Crippen LogP contribution in [0.15, 0.2) is 22.8 Å². The highest BCUT2D eigenvalue weighted by atomic mass is 16.3. The van der Waals surface area contributed by atoms with Gasteiger partial charge in [0.15, 0.2) is 0 Å². The van der Waals surface area contributed by atoms with Crippen molar-refractivity contribution in [1.29, 1.82) is 0 Å². The van der Waals surface area contributed by atoms with Crippen molar-refractivity contribution < 1.29 is 4.42 Å². The Hall–Kier alpha value is -1.91. The molecule has 1 N–H and O–H groups in total. The fourth-order valence-electron chi connectivity index (χ4n) is 1.32. The second-order valence-corrected chi connectivity index (χ2v) is 3.69. The van der Waals surface area contributed by atoms with Gasteiger partial charge in [-0.2, -0.15) is 5.10 Å². The first kappa shape index (κ1) is 10.6. The van der Waals surface area contributed by atoms with Gasteiger partial charge in [-0.05, 0) is 32.9 Å². The Morgan fingerprint density at radius 3 is 2.69 bits per heavy atom. The Morgan fingerprint density at radius 2 is 2.06 bits per heavy atom. The van der Waals surface area contributed by atoms with Crippen LogP contribution < -0.4 is 5.32 Å². The zero-order valence-corrected chi connectivity index (χ0v) is 9.56. The molecule has 1 unspecified atom stereocenters. The number of aryl methyl sites for hydroxylation is 2. The van der Waals surface area contributed by atoms with Crippen molar-refractivity contribution in [3.63, 3.8) is 0 Å². The summed E-state index contributed by atoms with van der Waals surface area (Å²) in [5.74, 6) is 1.37. The average molecular weight is 218 g/mol. The van der Waals surface area contributed by atoms with E-state index < -0.39 is 0 Å². The first-order chi connectivity index (χ1) is 7.66. The molecule has 0 aliphatic heterocycles. The molecule has 0 aliphatic carbocycles. The summed E-state index contributed by atoms with van der Waals surface area (Å²) < 4.78 is 5.28. The van der Waals surface area contributed by atoms with Crippen LogP contribution in [-0.2, 0) is 0 Å². The topological polar surface area (TPSA) is 63.8 Å². The van der Waals surface area contributed by atoms with E-state index in [9.17, 15) is 0 Å². The van der Waals surface area contributed by atoms with Crippen molar-refractivity contribution in [1.82, 2.24) is 15.2 Å². The normalized spacial score (nSPS) is 12.4. The number of nitrogens with one attached hydrogen (secondary N) is 1. The molecule has 5 heteroatoms. The van der Waals surface area contributed by atoms with E-state index in [0.29, 0.717) is 5.95 Å². The lowest BCUT2D eigenvalue weighted by atomic mass is 10.2. The van der Waals surface area contributed by atoms with Crippen molar-refractivity contribution in [3.8, 4) is 0 Å². The number of aromatic nitrogens is 3. The van der Waals surface area contributed by atoms with E-state index in [1.807, 2.05) is 32.9 Å². The van der Waals surface area contributed by atoms with Crippen molar-refractivity contribution in [2.24, 2.45) is 0 Å². The fourth-order valence-corrected chi connectivity index (χ4v) is 1.32. The number of nitrogens with zero attached hydrogens (tertiary/aromatic N) is 3. The highest BCUT2D eigenvalue weighted by Gasteiger charge is 2.10. The summed E-state index contributed by atoms with van der Waals surface area (Å²) in [7, 11) is 0. The van der Waals surface area contributed by atoms with E-state index in [2.05, 4.69) is 20.5 Å². The molecule has 5 nitrogen and oxygen atoms in total. The maximum Gasteiger partial charge on any atom is 0.243 e. The molecule has 0 saturated carbocycles. The maximum absolute atomic E-state index is 5.28. The molecule has 2 rings (SSSR count). The minimum Gasteiger partial charge on any atom is -0.467 e. The van der Waals surface area contributed by atoms with E-state index in [4.69, 9.17) is 4.42 Å². The summed E-state index contributed by atoms with van der Waals surface area (Å²) in [5.41, 5.74) is 1.72. The summed E-state index contributed by atoms with van der Waals surface area (Å²) in [5, 5.41) is 11.1. The number of hydrogen-bond acceptors (Lipinski definition) is 5. The zero-order valence-electron chi connectivity index (χ0n) is 9.56. The maximum atomic E-state index is 5.28. The standard InChI is InChI=1S/C11H14N4O/c1-7-8(2)14-15-11(12-7)13-9(3)10-5-4-6-16-10/h4-6,9H,1-3H3,(H,12,13,15). The molecule has 0 fully saturated rings. The predicted molar refractivity (Wildman–Crippen MR) is 60.0 cm³/mol. The Labute approximate surface area is 93.9 Å². The lowest BCUT2D eigenvalue weighted by molar-refractivity contribution is 0.489. The summed E-state index contributed by atoms with van der Waals surface area (Å²) in [6, 6.07) is 3.79. The third-order valence-corrected chi connectivity index (χ3v) is 2.41. The smallest absolute Gasteiger partial charge is 0.243 e. The molecule has 0 radical (unpaired) electrons. The lowest BCUT2D eigenvalue weighted by Crippen LogP contribution is -2.10. The number of hydrogen-bond donors (Lipinski definition) is 1.